The molecule has 2 rings (SSSR count). The summed E-state index contributed by atoms with van der Waals surface area (Å²) in [4.78, 5) is 4.25. The molecular formula is C12H13F2NO. The lowest BCUT2D eigenvalue weighted by molar-refractivity contribution is 0.291. The predicted octanol–water partition coefficient (Wildman–Crippen LogP) is 2.77. The van der Waals surface area contributed by atoms with Crippen molar-refractivity contribution in [3.63, 3.8) is 0 Å². The Labute approximate surface area is 93.0 Å². The van der Waals surface area contributed by atoms with Gasteiger partial charge in [0, 0.05) is 0 Å². The Hall–Kier alpha value is -1.45. The van der Waals surface area contributed by atoms with Gasteiger partial charge in [0.05, 0.1) is 11.6 Å². The fraction of sp³-hybridized carbons (Fsp3) is 0.417. The second kappa shape index (κ2) is 4.20. The molecular weight excluding hydrogens is 212 g/mol. The van der Waals surface area contributed by atoms with Gasteiger partial charge in [-0.25, -0.2) is 13.8 Å². The van der Waals surface area contributed by atoms with Gasteiger partial charge < -0.3 is 4.74 Å². The lowest BCUT2D eigenvalue weighted by atomic mass is 10.1. The SMILES string of the molecule is CC(C)C1COC(c2cc(F)ccc2F)=N1. The molecule has 0 saturated carbocycles. The molecule has 4 heteroatoms. The molecule has 16 heavy (non-hydrogen) atoms. The summed E-state index contributed by atoms with van der Waals surface area (Å²) in [5.41, 5.74) is 0.100. The Kier molecular flexibility index (Phi) is 2.90. The molecule has 1 aromatic carbocycles. The van der Waals surface area contributed by atoms with Crippen LogP contribution in [0.2, 0.25) is 0 Å². The van der Waals surface area contributed by atoms with Crippen LogP contribution in [-0.2, 0) is 4.74 Å². The van der Waals surface area contributed by atoms with Crippen LogP contribution in [0, 0.1) is 17.6 Å². The van der Waals surface area contributed by atoms with Gasteiger partial charge in [-0.1, -0.05) is 13.8 Å². The van der Waals surface area contributed by atoms with Gasteiger partial charge in [-0.2, -0.15) is 0 Å². The van der Waals surface area contributed by atoms with Crippen LogP contribution in [0.15, 0.2) is 23.2 Å². The first-order valence-corrected chi connectivity index (χ1v) is 5.24. The highest BCUT2D eigenvalue weighted by Crippen LogP contribution is 2.19. The molecule has 1 aliphatic rings. The number of hydrogen-bond acceptors (Lipinski definition) is 2. The van der Waals surface area contributed by atoms with E-state index in [0.717, 1.165) is 18.2 Å². The highest BCUT2D eigenvalue weighted by molar-refractivity contribution is 5.95. The van der Waals surface area contributed by atoms with Crippen LogP contribution in [0.25, 0.3) is 0 Å². The summed E-state index contributed by atoms with van der Waals surface area (Å²) >= 11 is 0. The van der Waals surface area contributed by atoms with Gasteiger partial charge in [0.1, 0.15) is 18.2 Å². The van der Waals surface area contributed by atoms with Gasteiger partial charge in [0.15, 0.2) is 0 Å². The van der Waals surface area contributed by atoms with E-state index in [-0.39, 0.29) is 17.5 Å². The van der Waals surface area contributed by atoms with Gasteiger partial charge in [-0.05, 0) is 24.1 Å². The van der Waals surface area contributed by atoms with Gasteiger partial charge in [0.25, 0.3) is 0 Å². The van der Waals surface area contributed by atoms with E-state index in [2.05, 4.69) is 4.99 Å². The van der Waals surface area contributed by atoms with Gasteiger partial charge in [-0.15, -0.1) is 0 Å². The summed E-state index contributed by atoms with van der Waals surface area (Å²) in [6.07, 6.45) is 0. The largest absolute Gasteiger partial charge is 0.475 e. The number of aliphatic imine (C=N–C) groups is 1. The Morgan fingerprint density at radius 3 is 2.75 bits per heavy atom. The van der Waals surface area contributed by atoms with Crippen molar-refractivity contribution >= 4 is 5.90 Å². The second-order valence-electron chi connectivity index (χ2n) is 4.18. The lowest BCUT2D eigenvalue weighted by Crippen LogP contribution is -2.13. The van der Waals surface area contributed by atoms with Crippen molar-refractivity contribution in [1.29, 1.82) is 0 Å². The number of benzene rings is 1. The van der Waals surface area contributed by atoms with Crippen LogP contribution < -0.4 is 0 Å². The van der Waals surface area contributed by atoms with Gasteiger partial charge in [0.2, 0.25) is 5.90 Å². The van der Waals surface area contributed by atoms with E-state index in [4.69, 9.17) is 4.74 Å². The third-order valence-corrected chi connectivity index (χ3v) is 2.60. The first kappa shape index (κ1) is 11.0. The fourth-order valence-electron chi connectivity index (χ4n) is 1.54. The molecule has 86 valence electrons. The monoisotopic (exact) mass is 225 g/mol. The zero-order valence-corrected chi connectivity index (χ0v) is 9.21. The number of hydrogen-bond donors (Lipinski definition) is 0. The maximum Gasteiger partial charge on any atom is 0.219 e. The summed E-state index contributed by atoms with van der Waals surface area (Å²) in [6.45, 7) is 4.47. The molecule has 1 aromatic rings. The first-order chi connectivity index (χ1) is 7.58. The molecule has 1 atom stereocenters. The standard InChI is InChI=1S/C12H13F2NO/c1-7(2)11-6-16-12(15-11)9-5-8(13)3-4-10(9)14/h3-5,7,11H,6H2,1-2H3. The third-order valence-electron chi connectivity index (χ3n) is 2.60. The molecule has 0 aromatic heterocycles. The van der Waals surface area contributed by atoms with Crippen LogP contribution in [0.4, 0.5) is 8.78 Å². The maximum absolute atomic E-state index is 13.4. The van der Waals surface area contributed by atoms with Crippen molar-refractivity contribution in [2.24, 2.45) is 10.9 Å². The molecule has 0 saturated heterocycles. The molecule has 0 spiro atoms. The zero-order chi connectivity index (χ0) is 11.7. The van der Waals surface area contributed by atoms with Crippen LogP contribution in [0.1, 0.15) is 19.4 Å². The van der Waals surface area contributed by atoms with E-state index in [0.29, 0.717) is 12.5 Å². The molecule has 0 fully saturated rings. The Morgan fingerprint density at radius 2 is 2.12 bits per heavy atom. The van der Waals surface area contributed by atoms with E-state index in [1.807, 2.05) is 13.8 Å². The van der Waals surface area contributed by atoms with Crippen LogP contribution in [0.5, 0.6) is 0 Å². The molecule has 1 aliphatic heterocycles. The van der Waals surface area contributed by atoms with Crippen LogP contribution in [0.3, 0.4) is 0 Å². The molecule has 0 radical (unpaired) electrons. The number of halogens is 2. The van der Waals surface area contributed by atoms with Crippen molar-refractivity contribution in [2.45, 2.75) is 19.9 Å². The number of nitrogens with zero attached hydrogens (tertiary/aromatic N) is 1. The highest BCUT2D eigenvalue weighted by atomic mass is 19.1. The smallest absolute Gasteiger partial charge is 0.219 e. The van der Waals surface area contributed by atoms with Crippen LogP contribution in [-0.4, -0.2) is 18.5 Å². The minimum Gasteiger partial charge on any atom is -0.475 e. The van der Waals surface area contributed by atoms with Crippen molar-refractivity contribution in [3.8, 4) is 0 Å². The number of ether oxygens (including phenoxy) is 1. The van der Waals surface area contributed by atoms with Crippen molar-refractivity contribution in [1.82, 2.24) is 0 Å². The quantitative estimate of drug-likeness (QED) is 0.758. The van der Waals surface area contributed by atoms with E-state index < -0.39 is 11.6 Å². The van der Waals surface area contributed by atoms with E-state index in [1.54, 1.807) is 0 Å². The molecule has 1 heterocycles. The number of rotatable bonds is 2. The van der Waals surface area contributed by atoms with Crippen molar-refractivity contribution in [2.75, 3.05) is 6.61 Å². The topological polar surface area (TPSA) is 21.6 Å². The molecule has 0 aliphatic carbocycles. The fourth-order valence-corrected chi connectivity index (χ4v) is 1.54. The third kappa shape index (κ3) is 2.05. The van der Waals surface area contributed by atoms with Crippen LogP contribution >= 0.6 is 0 Å². The predicted molar refractivity (Wildman–Crippen MR) is 57.5 cm³/mol. The summed E-state index contributed by atoms with van der Waals surface area (Å²) in [7, 11) is 0. The van der Waals surface area contributed by atoms with Gasteiger partial charge in [-0.3, -0.25) is 0 Å². The lowest BCUT2D eigenvalue weighted by Gasteiger charge is -2.06. The average Bonchev–Trinajstić information content (AvgIpc) is 2.70. The second-order valence-corrected chi connectivity index (χ2v) is 4.18. The zero-order valence-electron chi connectivity index (χ0n) is 9.21. The van der Waals surface area contributed by atoms with Crippen molar-refractivity contribution in [3.05, 3.63) is 35.4 Å². The Balaban J connectivity index is 2.32. The molecule has 0 amide bonds. The summed E-state index contributed by atoms with van der Waals surface area (Å²) < 4.78 is 31.7. The molecule has 0 bridgehead atoms. The summed E-state index contributed by atoms with van der Waals surface area (Å²) in [5.74, 6) is -0.468. The summed E-state index contributed by atoms with van der Waals surface area (Å²) in [6, 6.07) is 3.29. The van der Waals surface area contributed by atoms with Gasteiger partial charge >= 0.3 is 0 Å². The van der Waals surface area contributed by atoms with E-state index in [1.165, 1.54) is 0 Å². The molecule has 1 unspecified atom stereocenters. The maximum atomic E-state index is 13.4. The minimum atomic E-state index is -0.510. The molecule has 0 N–H and O–H groups in total. The Morgan fingerprint density at radius 1 is 1.38 bits per heavy atom. The van der Waals surface area contributed by atoms with E-state index in [9.17, 15) is 8.78 Å². The highest BCUT2D eigenvalue weighted by Gasteiger charge is 2.24. The normalized spacial score (nSPS) is 19.8. The molecule has 2 nitrogen and oxygen atoms in total. The first-order valence-electron chi connectivity index (χ1n) is 5.24. The summed E-state index contributed by atoms with van der Waals surface area (Å²) in [5, 5.41) is 0. The van der Waals surface area contributed by atoms with E-state index >= 15 is 0 Å². The van der Waals surface area contributed by atoms with Crippen molar-refractivity contribution < 1.29 is 13.5 Å². The average molecular weight is 225 g/mol. The Bertz CT molecular complexity index is 429. The minimum absolute atomic E-state index is 0.0256.